The summed E-state index contributed by atoms with van der Waals surface area (Å²) in [5.41, 5.74) is 8.24. The Kier molecular flexibility index (Phi) is 3.44. The van der Waals surface area contributed by atoms with Crippen molar-refractivity contribution in [3.8, 4) is 5.75 Å². The summed E-state index contributed by atoms with van der Waals surface area (Å²) in [7, 11) is 0. The molecule has 20 heavy (non-hydrogen) atoms. The zero-order chi connectivity index (χ0) is 13.9. The fourth-order valence-electron chi connectivity index (χ4n) is 2.02. The molecule has 1 heterocycles. The molecule has 0 aliphatic rings. The van der Waals surface area contributed by atoms with Crippen LogP contribution in [-0.4, -0.2) is 4.98 Å². The summed E-state index contributed by atoms with van der Waals surface area (Å²) >= 11 is 6.12. The fourth-order valence-corrected chi connectivity index (χ4v) is 2.26. The first-order valence-electron chi connectivity index (χ1n) is 6.24. The monoisotopic (exact) mass is 284 g/mol. The highest BCUT2D eigenvalue weighted by Gasteiger charge is 2.06. The molecule has 2 aromatic carbocycles. The van der Waals surface area contributed by atoms with Gasteiger partial charge >= 0.3 is 0 Å². The van der Waals surface area contributed by atoms with Gasteiger partial charge in [-0.15, -0.1) is 0 Å². The molecule has 3 rings (SSSR count). The largest absolute Gasteiger partial charge is 0.489 e. The molecule has 0 saturated heterocycles. The van der Waals surface area contributed by atoms with Gasteiger partial charge in [0.15, 0.2) is 0 Å². The molecule has 3 aromatic rings. The summed E-state index contributed by atoms with van der Waals surface area (Å²) in [5, 5.41) is 1.70. The molecule has 0 fully saturated rings. The van der Waals surface area contributed by atoms with Crippen LogP contribution in [-0.2, 0) is 6.61 Å². The second-order valence-corrected chi connectivity index (χ2v) is 4.86. The molecule has 1 aromatic heterocycles. The summed E-state index contributed by atoms with van der Waals surface area (Å²) in [6.07, 6.45) is 1.76. The SMILES string of the molecule is Nc1cccc(Cl)c1COc1ccc2cccnc2c1. The van der Waals surface area contributed by atoms with E-state index in [1.54, 1.807) is 12.3 Å². The number of hydrogen-bond donors (Lipinski definition) is 1. The minimum Gasteiger partial charge on any atom is -0.489 e. The van der Waals surface area contributed by atoms with Crippen LogP contribution in [0.3, 0.4) is 0 Å². The minimum absolute atomic E-state index is 0.337. The number of rotatable bonds is 3. The van der Waals surface area contributed by atoms with Crippen molar-refractivity contribution in [1.82, 2.24) is 4.98 Å². The van der Waals surface area contributed by atoms with Crippen molar-refractivity contribution >= 4 is 28.2 Å². The number of anilines is 1. The molecule has 4 heteroatoms. The molecule has 0 atom stereocenters. The van der Waals surface area contributed by atoms with Gasteiger partial charge in [0.05, 0.1) is 5.52 Å². The van der Waals surface area contributed by atoms with E-state index in [1.165, 1.54) is 0 Å². The van der Waals surface area contributed by atoms with E-state index in [4.69, 9.17) is 22.1 Å². The van der Waals surface area contributed by atoms with Crippen molar-refractivity contribution < 1.29 is 4.74 Å². The third kappa shape index (κ3) is 2.53. The van der Waals surface area contributed by atoms with Gasteiger partial charge in [-0.3, -0.25) is 4.98 Å². The van der Waals surface area contributed by atoms with Gasteiger partial charge in [0.2, 0.25) is 0 Å². The van der Waals surface area contributed by atoms with Crippen molar-refractivity contribution in [2.24, 2.45) is 0 Å². The van der Waals surface area contributed by atoms with Crippen molar-refractivity contribution in [3.63, 3.8) is 0 Å². The first kappa shape index (κ1) is 12.8. The van der Waals surface area contributed by atoms with E-state index >= 15 is 0 Å². The van der Waals surface area contributed by atoms with Gasteiger partial charge in [-0.2, -0.15) is 0 Å². The van der Waals surface area contributed by atoms with Crippen LogP contribution < -0.4 is 10.5 Å². The highest BCUT2D eigenvalue weighted by Crippen LogP contribution is 2.25. The average molecular weight is 285 g/mol. The standard InChI is InChI=1S/C16H13ClN2O/c17-14-4-1-5-15(18)13(14)10-20-12-7-6-11-3-2-8-19-16(11)9-12/h1-9H,10,18H2. The van der Waals surface area contributed by atoms with Crippen LogP contribution in [0.5, 0.6) is 5.75 Å². The highest BCUT2D eigenvalue weighted by molar-refractivity contribution is 6.31. The molecule has 0 aliphatic heterocycles. The average Bonchev–Trinajstić information content (AvgIpc) is 2.46. The highest BCUT2D eigenvalue weighted by atomic mass is 35.5. The maximum Gasteiger partial charge on any atom is 0.122 e. The Morgan fingerprint density at radius 3 is 2.85 bits per heavy atom. The summed E-state index contributed by atoms with van der Waals surface area (Å²) in [4.78, 5) is 4.30. The Labute approximate surface area is 122 Å². The van der Waals surface area contributed by atoms with Crippen molar-refractivity contribution in [2.75, 3.05) is 5.73 Å². The number of fused-ring (bicyclic) bond motifs is 1. The zero-order valence-electron chi connectivity index (χ0n) is 10.7. The first-order valence-corrected chi connectivity index (χ1v) is 6.62. The predicted molar refractivity (Wildman–Crippen MR) is 81.9 cm³/mol. The quantitative estimate of drug-likeness (QED) is 0.738. The van der Waals surface area contributed by atoms with E-state index in [0.717, 1.165) is 22.2 Å². The smallest absolute Gasteiger partial charge is 0.122 e. The molecule has 2 N–H and O–H groups in total. The molecule has 0 saturated carbocycles. The number of nitrogens with two attached hydrogens (primary N) is 1. The molecule has 0 amide bonds. The summed E-state index contributed by atoms with van der Waals surface area (Å²) < 4.78 is 5.76. The lowest BCUT2D eigenvalue weighted by Gasteiger charge is -2.10. The summed E-state index contributed by atoms with van der Waals surface area (Å²) in [6.45, 7) is 0.337. The van der Waals surface area contributed by atoms with Crippen LogP contribution >= 0.6 is 11.6 Å². The molecule has 0 radical (unpaired) electrons. The van der Waals surface area contributed by atoms with E-state index in [0.29, 0.717) is 17.3 Å². The first-order chi connectivity index (χ1) is 9.74. The van der Waals surface area contributed by atoms with Crippen molar-refractivity contribution in [1.29, 1.82) is 0 Å². The lowest BCUT2D eigenvalue weighted by atomic mass is 10.2. The van der Waals surface area contributed by atoms with Gasteiger partial charge in [-0.25, -0.2) is 0 Å². The summed E-state index contributed by atoms with van der Waals surface area (Å²) in [5.74, 6) is 0.746. The number of nitrogen functional groups attached to an aromatic ring is 1. The lowest BCUT2D eigenvalue weighted by molar-refractivity contribution is 0.307. The minimum atomic E-state index is 0.337. The third-order valence-corrected chi connectivity index (χ3v) is 3.47. The van der Waals surface area contributed by atoms with E-state index in [1.807, 2.05) is 42.5 Å². The Hall–Kier alpha value is -2.26. The number of pyridine rings is 1. The normalized spacial score (nSPS) is 10.7. The van der Waals surface area contributed by atoms with Gasteiger partial charge in [-0.05, 0) is 30.3 Å². The Balaban J connectivity index is 1.83. The Morgan fingerprint density at radius 2 is 2.00 bits per heavy atom. The number of aromatic nitrogens is 1. The van der Waals surface area contributed by atoms with Gasteiger partial charge in [-0.1, -0.05) is 23.7 Å². The van der Waals surface area contributed by atoms with Crippen LogP contribution in [0.25, 0.3) is 10.9 Å². The number of halogens is 1. The van der Waals surface area contributed by atoms with Crippen LogP contribution in [0, 0.1) is 0 Å². The second-order valence-electron chi connectivity index (χ2n) is 4.45. The lowest BCUT2D eigenvalue weighted by Crippen LogP contribution is -2.01. The number of ether oxygens (including phenoxy) is 1. The van der Waals surface area contributed by atoms with Crippen LogP contribution in [0.15, 0.2) is 54.7 Å². The maximum atomic E-state index is 6.12. The number of benzene rings is 2. The molecule has 0 bridgehead atoms. The van der Waals surface area contributed by atoms with Gasteiger partial charge in [0.1, 0.15) is 12.4 Å². The number of nitrogens with zero attached hydrogens (tertiary/aromatic N) is 1. The second kappa shape index (κ2) is 5.39. The van der Waals surface area contributed by atoms with Crippen molar-refractivity contribution in [2.45, 2.75) is 6.61 Å². The van der Waals surface area contributed by atoms with Gasteiger partial charge in [0.25, 0.3) is 0 Å². The van der Waals surface area contributed by atoms with Crippen LogP contribution in [0.1, 0.15) is 5.56 Å². The Bertz CT molecular complexity index is 738. The molecule has 3 nitrogen and oxygen atoms in total. The van der Waals surface area contributed by atoms with E-state index < -0.39 is 0 Å². The third-order valence-electron chi connectivity index (χ3n) is 3.12. The topological polar surface area (TPSA) is 48.1 Å². The predicted octanol–water partition coefficient (Wildman–Crippen LogP) is 4.05. The molecule has 0 spiro atoms. The summed E-state index contributed by atoms with van der Waals surface area (Å²) in [6, 6.07) is 15.2. The van der Waals surface area contributed by atoms with Crippen molar-refractivity contribution in [3.05, 3.63) is 65.3 Å². The Morgan fingerprint density at radius 1 is 1.10 bits per heavy atom. The number of hydrogen-bond acceptors (Lipinski definition) is 3. The fraction of sp³-hybridized carbons (Fsp3) is 0.0625. The van der Waals surface area contributed by atoms with Gasteiger partial charge in [0, 0.05) is 33.9 Å². The molecular weight excluding hydrogens is 272 g/mol. The van der Waals surface area contributed by atoms with E-state index in [-0.39, 0.29) is 0 Å². The van der Waals surface area contributed by atoms with Crippen LogP contribution in [0.4, 0.5) is 5.69 Å². The van der Waals surface area contributed by atoms with Crippen LogP contribution in [0.2, 0.25) is 5.02 Å². The van der Waals surface area contributed by atoms with Gasteiger partial charge < -0.3 is 10.5 Å². The molecule has 0 unspecified atom stereocenters. The molecule has 100 valence electrons. The molecule has 0 aliphatic carbocycles. The van der Waals surface area contributed by atoms with E-state index in [2.05, 4.69) is 4.98 Å². The zero-order valence-corrected chi connectivity index (χ0v) is 11.5. The maximum absolute atomic E-state index is 6.12. The molecular formula is C16H13ClN2O. The van der Waals surface area contributed by atoms with E-state index in [9.17, 15) is 0 Å².